The van der Waals surface area contributed by atoms with E-state index in [1.54, 1.807) is 6.26 Å². The van der Waals surface area contributed by atoms with Crippen molar-refractivity contribution in [2.75, 3.05) is 0 Å². The Bertz CT molecular complexity index is 399. The SMILES string of the molecule is CC(C)c1ccccc1-c1ccco1. The second kappa shape index (κ2) is 3.70. The molecule has 1 aromatic carbocycles. The zero-order valence-corrected chi connectivity index (χ0v) is 8.53. The van der Waals surface area contributed by atoms with Crippen LogP contribution in [0.15, 0.2) is 47.1 Å². The Morgan fingerprint density at radius 2 is 1.79 bits per heavy atom. The highest BCUT2D eigenvalue weighted by Crippen LogP contribution is 2.28. The molecule has 1 heterocycles. The molecule has 2 aromatic rings. The van der Waals surface area contributed by atoms with Crippen LogP contribution in [0.1, 0.15) is 25.3 Å². The van der Waals surface area contributed by atoms with Crippen molar-refractivity contribution in [2.24, 2.45) is 0 Å². The number of benzene rings is 1. The van der Waals surface area contributed by atoms with Gasteiger partial charge >= 0.3 is 0 Å². The van der Waals surface area contributed by atoms with Crippen LogP contribution in [-0.4, -0.2) is 0 Å². The quantitative estimate of drug-likeness (QED) is 0.689. The van der Waals surface area contributed by atoms with E-state index in [0.29, 0.717) is 5.92 Å². The van der Waals surface area contributed by atoms with Crippen LogP contribution in [0, 0.1) is 0 Å². The van der Waals surface area contributed by atoms with E-state index in [9.17, 15) is 0 Å². The minimum Gasteiger partial charge on any atom is -0.464 e. The van der Waals surface area contributed by atoms with E-state index in [-0.39, 0.29) is 0 Å². The van der Waals surface area contributed by atoms with Crippen molar-refractivity contribution in [1.29, 1.82) is 0 Å². The molecule has 0 fully saturated rings. The van der Waals surface area contributed by atoms with Gasteiger partial charge in [-0.05, 0) is 23.6 Å². The number of furan rings is 1. The lowest BCUT2D eigenvalue weighted by atomic mass is 9.96. The molecule has 0 saturated carbocycles. The lowest BCUT2D eigenvalue weighted by Gasteiger charge is -2.09. The van der Waals surface area contributed by atoms with Gasteiger partial charge in [-0.3, -0.25) is 0 Å². The molecule has 0 aliphatic rings. The molecule has 1 nitrogen and oxygen atoms in total. The van der Waals surface area contributed by atoms with E-state index < -0.39 is 0 Å². The molecule has 0 atom stereocenters. The zero-order valence-electron chi connectivity index (χ0n) is 8.53. The van der Waals surface area contributed by atoms with Crippen molar-refractivity contribution in [2.45, 2.75) is 19.8 Å². The van der Waals surface area contributed by atoms with E-state index >= 15 is 0 Å². The predicted octanol–water partition coefficient (Wildman–Crippen LogP) is 4.07. The smallest absolute Gasteiger partial charge is 0.134 e. The maximum absolute atomic E-state index is 5.41. The summed E-state index contributed by atoms with van der Waals surface area (Å²) in [4.78, 5) is 0. The van der Waals surface area contributed by atoms with Crippen molar-refractivity contribution in [3.05, 3.63) is 48.2 Å². The summed E-state index contributed by atoms with van der Waals surface area (Å²) in [6, 6.07) is 12.3. The van der Waals surface area contributed by atoms with Crippen LogP contribution in [-0.2, 0) is 0 Å². The second-order valence-electron chi connectivity index (χ2n) is 3.72. The maximum Gasteiger partial charge on any atom is 0.134 e. The van der Waals surface area contributed by atoms with Gasteiger partial charge in [0.1, 0.15) is 5.76 Å². The predicted molar refractivity (Wildman–Crippen MR) is 58.2 cm³/mol. The van der Waals surface area contributed by atoms with Gasteiger partial charge in [0.05, 0.1) is 6.26 Å². The summed E-state index contributed by atoms with van der Waals surface area (Å²) in [7, 11) is 0. The first-order chi connectivity index (χ1) is 6.79. The van der Waals surface area contributed by atoms with Gasteiger partial charge in [0.2, 0.25) is 0 Å². The lowest BCUT2D eigenvalue weighted by Crippen LogP contribution is -1.90. The summed E-state index contributed by atoms with van der Waals surface area (Å²) in [5, 5.41) is 0. The molecule has 0 bridgehead atoms. The van der Waals surface area contributed by atoms with Gasteiger partial charge < -0.3 is 4.42 Å². The summed E-state index contributed by atoms with van der Waals surface area (Å²) in [6.45, 7) is 4.39. The van der Waals surface area contributed by atoms with Crippen molar-refractivity contribution >= 4 is 0 Å². The van der Waals surface area contributed by atoms with Gasteiger partial charge in [-0.1, -0.05) is 38.1 Å². The largest absolute Gasteiger partial charge is 0.464 e. The van der Waals surface area contributed by atoms with Crippen molar-refractivity contribution in [3.8, 4) is 11.3 Å². The fourth-order valence-electron chi connectivity index (χ4n) is 1.66. The molecule has 0 unspecified atom stereocenters. The van der Waals surface area contributed by atoms with Gasteiger partial charge in [-0.15, -0.1) is 0 Å². The average molecular weight is 186 g/mol. The average Bonchev–Trinajstić information content (AvgIpc) is 2.70. The van der Waals surface area contributed by atoms with Crippen LogP contribution in [0.4, 0.5) is 0 Å². The molecular formula is C13H14O. The molecule has 1 aromatic heterocycles. The molecule has 0 amide bonds. The van der Waals surface area contributed by atoms with Crippen LogP contribution in [0.2, 0.25) is 0 Å². The number of hydrogen-bond donors (Lipinski definition) is 0. The minimum absolute atomic E-state index is 0.524. The van der Waals surface area contributed by atoms with E-state index in [0.717, 1.165) is 5.76 Å². The third-order valence-corrected chi connectivity index (χ3v) is 2.37. The van der Waals surface area contributed by atoms with Gasteiger partial charge in [0.15, 0.2) is 0 Å². The van der Waals surface area contributed by atoms with Crippen LogP contribution in [0.5, 0.6) is 0 Å². The number of rotatable bonds is 2. The summed E-state index contributed by atoms with van der Waals surface area (Å²) in [5.74, 6) is 1.48. The number of hydrogen-bond acceptors (Lipinski definition) is 1. The highest BCUT2D eigenvalue weighted by atomic mass is 16.3. The first-order valence-corrected chi connectivity index (χ1v) is 4.92. The normalized spacial score (nSPS) is 10.8. The molecular weight excluding hydrogens is 172 g/mol. The van der Waals surface area contributed by atoms with Crippen LogP contribution in [0.3, 0.4) is 0 Å². The van der Waals surface area contributed by atoms with Gasteiger partial charge in [0.25, 0.3) is 0 Å². The standard InChI is InChI=1S/C13H14O/c1-10(2)11-6-3-4-7-12(11)13-8-5-9-14-13/h3-10H,1-2H3. The summed E-state index contributed by atoms with van der Waals surface area (Å²) >= 11 is 0. The zero-order chi connectivity index (χ0) is 9.97. The van der Waals surface area contributed by atoms with E-state index in [2.05, 4.69) is 32.0 Å². The van der Waals surface area contributed by atoms with Gasteiger partial charge in [-0.2, -0.15) is 0 Å². The molecule has 72 valence electrons. The van der Waals surface area contributed by atoms with E-state index in [4.69, 9.17) is 4.42 Å². The monoisotopic (exact) mass is 186 g/mol. The molecule has 0 spiro atoms. The van der Waals surface area contributed by atoms with Crippen molar-refractivity contribution in [1.82, 2.24) is 0 Å². The Kier molecular flexibility index (Phi) is 2.40. The van der Waals surface area contributed by atoms with Crippen LogP contribution >= 0.6 is 0 Å². The third-order valence-electron chi connectivity index (χ3n) is 2.37. The van der Waals surface area contributed by atoms with Crippen molar-refractivity contribution in [3.63, 3.8) is 0 Å². The minimum atomic E-state index is 0.524. The first kappa shape index (κ1) is 9.07. The highest BCUT2D eigenvalue weighted by molar-refractivity contribution is 5.62. The topological polar surface area (TPSA) is 13.1 Å². The highest BCUT2D eigenvalue weighted by Gasteiger charge is 2.08. The van der Waals surface area contributed by atoms with Gasteiger partial charge in [-0.25, -0.2) is 0 Å². The fraction of sp³-hybridized carbons (Fsp3) is 0.231. The molecule has 0 radical (unpaired) electrons. The lowest BCUT2D eigenvalue weighted by molar-refractivity contribution is 0.581. The third kappa shape index (κ3) is 1.58. The summed E-state index contributed by atoms with van der Waals surface area (Å²) in [6.07, 6.45) is 1.71. The Morgan fingerprint density at radius 3 is 2.43 bits per heavy atom. The summed E-state index contributed by atoms with van der Waals surface area (Å²) < 4.78 is 5.41. The summed E-state index contributed by atoms with van der Waals surface area (Å²) in [5.41, 5.74) is 2.54. The Labute approximate surface area is 84.4 Å². The molecule has 0 N–H and O–H groups in total. The van der Waals surface area contributed by atoms with Crippen LogP contribution in [0.25, 0.3) is 11.3 Å². The van der Waals surface area contributed by atoms with Crippen molar-refractivity contribution < 1.29 is 4.42 Å². The molecule has 14 heavy (non-hydrogen) atoms. The first-order valence-electron chi connectivity index (χ1n) is 4.92. The Hall–Kier alpha value is -1.50. The molecule has 0 aliphatic carbocycles. The molecule has 0 aliphatic heterocycles. The maximum atomic E-state index is 5.41. The molecule has 0 saturated heterocycles. The van der Waals surface area contributed by atoms with Gasteiger partial charge in [0, 0.05) is 5.56 Å². The van der Waals surface area contributed by atoms with E-state index in [1.807, 2.05) is 18.2 Å². The fourth-order valence-corrected chi connectivity index (χ4v) is 1.66. The van der Waals surface area contributed by atoms with Crippen LogP contribution < -0.4 is 0 Å². The van der Waals surface area contributed by atoms with E-state index in [1.165, 1.54) is 11.1 Å². The second-order valence-corrected chi connectivity index (χ2v) is 3.72. The molecule has 2 rings (SSSR count). The Balaban J connectivity index is 2.53. The Morgan fingerprint density at radius 1 is 1.00 bits per heavy atom. The molecule has 1 heteroatoms.